The van der Waals surface area contributed by atoms with E-state index in [0.29, 0.717) is 11.1 Å². The molecule has 0 saturated heterocycles. The molecule has 0 saturated carbocycles. The lowest BCUT2D eigenvalue weighted by Crippen LogP contribution is -2.30. The number of aryl methyl sites for hydroxylation is 2. The maximum atomic E-state index is 14.4. The van der Waals surface area contributed by atoms with Gasteiger partial charge >= 0.3 is 0 Å². The molecule has 5 aromatic rings. The molecule has 7 rings (SSSR count). The van der Waals surface area contributed by atoms with E-state index in [1.807, 2.05) is 42.5 Å². The first-order chi connectivity index (χ1) is 20.7. The Morgan fingerprint density at radius 2 is 0.929 bits per heavy atom. The van der Waals surface area contributed by atoms with Gasteiger partial charge in [0.1, 0.15) is 0 Å². The summed E-state index contributed by atoms with van der Waals surface area (Å²) in [6, 6.07) is 26.4. The van der Waals surface area contributed by atoms with E-state index in [1.54, 1.807) is 0 Å². The van der Waals surface area contributed by atoms with E-state index < -0.39 is 0 Å². The highest BCUT2D eigenvalue weighted by molar-refractivity contribution is 6.50. The number of aromatic nitrogens is 2. The molecule has 5 nitrogen and oxygen atoms in total. The van der Waals surface area contributed by atoms with Crippen LogP contribution in [0.2, 0.25) is 0 Å². The third-order valence-corrected chi connectivity index (χ3v) is 9.02. The van der Waals surface area contributed by atoms with Gasteiger partial charge in [-0.15, -0.1) is 0 Å². The number of amides is 2. The summed E-state index contributed by atoms with van der Waals surface area (Å²) in [6.45, 7) is 2.05. The predicted octanol–water partition coefficient (Wildman–Crippen LogP) is 8.21. The number of imide groups is 1. The largest absolute Gasteiger partial charge is 0.347 e. The molecular weight excluding hydrogens is 518 g/mol. The molecule has 2 aliphatic heterocycles. The number of carbonyl (C=O) groups excluding carboxylic acids is 2. The number of para-hydroxylation sites is 2. The second-order valence-electron chi connectivity index (χ2n) is 11.8. The molecule has 0 aliphatic carbocycles. The zero-order chi connectivity index (χ0) is 28.5. The topological polar surface area (TPSA) is 47.2 Å². The molecule has 4 bridgehead atoms. The average molecular weight is 556 g/mol. The van der Waals surface area contributed by atoms with Crippen LogP contribution in [0.25, 0.3) is 33.0 Å². The van der Waals surface area contributed by atoms with Crippen LogP contribution in [0.15, 0.2) is 91.3 Å². The van der Waals surface area contributed by atoms with Crippen molar-refractivity contribution in [2.45, 2.75) is 71.0 Å². The van der Waals surface area contributed by atoms with Gasteiger partial charge in [0.15, 0.2) is 0 Å². The zero-order valence-corrected chi connectivity index (χ0v) is 24.1. The Kier molecular flexibility index (Phi) is 7.25. The first-order valence-electron chi connectivity index (χ1n) is 15.5. The summed E-state index contributed by atoms with van der Waals surface area (Å²) in [5.41, 5.74) is 5.92. The van der Waals surface area contributed by atoms with Crippen LogP contribution in [0.1, 0.15) is 68.1 Å². The Balaban J connectivity index is 1.44. The van der Waals surface area contributed by atoms with E-state index in [-0.39, 0.29) is 18.4 Å². The lowest BCUT2D eigenvalue weighted by molar-refractivity contribution is -0.136. The van der Waals surface area contributed by atoms with Crippen molar-refractivity contribution in [3.8, 4) is 0 Å². The maximum Gasteiger partial charge on any atom is 0.262 e. The smallest absolute Gasteiger partial charge is 0.262 e. The fraction of sp³-hybridized carbons (Fsp3) is 0.297. The monoisotopic (exact) mass is 555 g/mol. The highest BCUT2D eigenvalue weighted by Crippen LogP contribution is 2.42. The van der Waals surface area contributed by atoms with E-state index in [4.69, 9.17) is 0 Å². The molecule has 0 fully saturated rings. The van der Waals surface area contributed by atoms with Crippen molar-refractivity contribution in [3.63, 3.8) is 0 Å². The highest BCUT2D eigenvalue weighted by Gasteiger charge is 2.41. The summed E-state index contributed by atoms with van der Waals surface area (Å²) in [4.78, 5) is 30.3. The summed E-state index contributed by atoms with van der Waals surface area (Å²) in [5.74, 6) is -0.430. The minimum Gasteiger partial charge on any atom is -0.347 e. The van der Waals surface area contributed by atoms with E-state index in [1.165, 1.54) is 43.4 Å². The molecule has 5 heteroatoms. The van der Waals surface area contributed by atoms with Crippen molar-refractivity contribution in [1.82, 2.24) is 14.0 Å². The number of hydrogen-bond donors (Lipinski definition) is 0. The van der Waals surface area contributed by atoms with Crippen LogP contribution < -0.4 is 0 Å². The molecule has 3 aromatic carbocycles. The van der Waals surface area contributed by atoms with E-state index >= 15 is 0 Å². The molecule has 0 unspecified atom stereocenters. The molecule has 0 N–H and O–H groups in total. The minimum absolute atomic E-state index is 0.215. The quantitative estimate of drug-likeness (QED) is 0.206. The molecule has 212 valence electrons. The molecule has 2 amide bonds. The van der Waals surface area contributed by atoms with Crippen LogP contribution >= 0.6 is 0 Å². The van der Waals surface area contributed by atoms with E-state index in [9.17, 15) is 9.59 Å². The number of fused-ring (bicyclic) bond motifs is 12. The van der Waals surface area contributed by atoms with Gasteiger partial charge in [0, 0.05) is 58.4 Å². The van der Waals surface area contributed by atoms with Gasteiger partial charge in [-0.25, -0.2) is 0 Å². The Labute approximate surface area is 247 Å². The number of nitrogens with zero attached hydrogens (tertiary/aromatic N) is 3. The fourth-order valence-corrected chi connectivity index (χ4v) is 6.87. The Bertz CT molecular complexity index is 1690. The minimum atomic E-state index is -0.215. The van der Waals surface area contributed by atoms with Crippen LogP contribution in [0, 0.1) is 0 Å². The van der Waals surface area contributed by atoms with Gasteiger partial charge in [-0.2, -0.15) is 0 Å². The van der Waals surface area contributed by atoms with E-state index in [2.05, 4.69) is 57.9 Å². The molecule has 2 aromatic heterocycles. The fourth-order valence-electron chi connectivity index (χ4n) is 6.87. The van der Waals surface area contributed by atoms with Crippen molar-refractivity contribution in [1.29, 1.82) is 0 Å². The van der Waals surface area contributed by atoms with Gasteiger partial charge in [0.25, 0.3) is 11.8 Å². The van der Waals surface area contributed by atoms with Crippen LogP contribution in [-0.4, -0.2) is 25.8 Å². The van der Waals surface area contributed by atoms with Crippen LogP contribution in [0.3, 0.4) is 0 Å². The summed E-state index contributed by atoms with van der Waals surface area (Å²) in [6.07, 6.45) is 14.0. The van der Waals surface area contributed by atoms with Gasteiger partial charge in [0.05, 0.1) is 17.7 Å². The zero-order valence-electron chi connectivity index (χ0n) is 24.1. The Hall–Kier alpha value is -4.38. The predicted molar refractivity (Wildman–Crippen MR) is 170 cm³/mol. The van der Waals surface area contributed by atoms with Gasteiger partial charge in [-0.1, -0.05) is 105 Å². The molecule has 2 aliphatic rings. The third kappa shape index (κ3) is 4.77. The Morgan fingerprint density at radius 1 is 0.500 bits per heavy atom. The molecule has 42 heavy (non-hydrogen) atoms. The van der Waals surface area contributed by atoms with Crippen molar-refractivity contribution < 1.29 is 9.59 Å². The van der Waals surface area contributed by atoms with Crippen molar-refractivity contribution >= 4 is 44.8 Å². The summed E-state index contributed by atoms with van der Waals surface area (Å²) in [5, 5.41) is 2.05. The second-order valence-corrected chi connectivity index (χ2v) is 11.8. The third-order valence-electron chi connectivity index (χ3n) is 9.02. The first-order valence-corrected chi connectivity index (χ1v) is 15.5. The van der Waals surface area contributed by atoms with Crippen molar-refractivity contribution in [3.05, 3.63) is 108 Å². The first kappa shape index (κ1) is 26.5. The number of hydrogen-bond acceptors (Lipinski definition) is 2. The average Bonchev–Trinajstić information content (AvgIpc) is 3.64. The van der Waals surface area contributed by atoms with Crippen molar-refractivity contribution in [2.24, 2.45) is 0 Å². The second kappa shape index (κ2) is 11.5. The molecule has 4 heterocycles. The molecule has 0 radical (unpaired) electrons. The number of rotatable bonds is 2. The van der Waals surface area contributed by atoms with Crippen LogP contribution in [-0.2, 0) is 29.2 Å². The normalized spacial score (nSPS) is 17.1. The van der Waals surface area contributed by atoms with Gasteiger partial charge in [-0.3, -0.25) is 14.5 Å². The summed E-state index contributed by atoms with van der Waals surface area (Å²) in [7, 11) is 0. The lowest BCUT2D eigenvalue weighted by Gasteiger charge is -2.15. The molecule has 0 spiro atoms. The maximum absolute atomic E-state index is 14.4. The van der Waals surface area contributed by atoms with Crippen LogP contribution in [0.4, 0.5) is 0 Å². The summed E-state index contributed by atoms with van der Waals surface area (Å²) < 4.78 is 4.58. The summed E-state index contributed by atoms with van der Waals surface area (Å²) >= 11 is 0. The van der Waals surface area contributed by atoms with Crippen LogP contribution in [0.5, 0.6) is 0 Å². The molecular formula is C37H37N3O2. The van der Waals surface area contributed by atoms with Crippen molar-refractivity contribution in [2.75, 3.05) is 0 Å². The Morgan fingerprint density at radius 3 is 1.43 bits per heavy atom. The van der Waals surface area contributed by atoms with Gasteiger partial charge in [-0.05, 0) is 30.5 Å². The van der Waals surface area contributed by atoms with Gasteiger partial charge in [0.2, 0.25) is 0 Å². The molecule has 0 atom stereocenters. The highest BCUT2D eigenvalue weighted by atomic mass is 16.2. The SMILES string of the molecule is O=C1C2=C(C(=O)N1Cc1ccccc1)c1cn(c3ccccc13)CCCCCCCCCCn1cc2c2ccccc21. The van der Waals surface area contributed by atoms with Gasteiger partial charge < -0.3 is 9.13 Å². The standard InChI is InChI=1S/C37H37N3O2/c41-36-34-30-25-38(32-20-12-10-18-28(30)32)22-14-5-3-1-2-4-6-15-23-39-26-31(29-19-11-13-21-33(29)39)35(34)37(42)40(36)24-27-16-8-7-9-17-27/h7-13,16-21,25-26H,1-6,14-15,22-24H2. The number of carbonyl (C=O) groups is 2. The number of benzene rings is 3. The van der Waals surface area contributed by atoms with E-state index in [0.717, 1.165) is 64.4 Å². The lowest BCUT2D eigenvalue weighted by atomic mass is 9.95.